The molecule has 234 valence electrons. The Bertz CT molecular complexity index is 1920. The Labute approximate surface area is 277 Å². The van der Waals surface area contributed by atoms with Crippen molar-refractivity contribution in [2.45, 2.75) is 0 Å². The van der Waals surface area contributed by atoms with Gasteiger partial charge in [-0.05, 0) is 36.7 Å². The first-order valence-electron chi connectivity index (χ1n) is 13.2. The molecule has 0 spiro atoms. The van der Waals surface area contributed by atoms with Crippen LogP contribution >= 0.6 is 0 Å². The SMILES string of the molecule is O=C(O)c1[c-]c(-c2cc(F)cc(F)c2-c2ccccn2)ccn1.O=C(O)c1[c-]c(-c2cc(F)cc(F)c2-c2ccccn2)ccn1.[Ru+2]. The third-order valence-electron chi connectivity index (χ3n) is 6.33. The largest absolute Gasteiger partial charge is 2.00 e. The van der Waals surface area contributed by atoms with Crippen molar-refractivity contribution >= 4 is 11.9 Å². The van der Waals surface area contributed by atoms with Crippen molar-refractivity contribution in [1.29, 1.82) is 0 Å². The van der Waals surface area contributed by atoms with Crippen LogP contribution in [0.1, 0.15) is 21.0 Å². The number of halogens is 4. The molecule has 4 aromatic heterocycles. The molecule has 6 rings (SSSR count). The van der Waals surface area contributed by atoms with E-state index in [-0.39, 0.29) is 64.2 Å². The molecule has 4 heterocycles. The van der Waals surface area contributed by atoms with Crippen LogP contribution in [-0.2, 0) is 19.5 Å². The van der Waals surface area contributed by atoms with Gasteiger partial charge in [0, 0.05) is 35.7 Å². The van der Waals surface area contributed by atoms with E-state index in [4.69, 9.17) is 10.2 Å². The van der Waals surface area contributed by atoms with Gasteiger partial charge in [-0.1, -0.05) is 35.4 Å². The quantitative estimate of drug-likeness (QED) is 0.105. The van der Waals surface area contributed by atoms with Crippen molar-refractivity contribution in [1.82, 2.24) is 19.9 Å². The molecule has 0 unspecified atom stereocenters. The van der Waals surface area contributed by atoms with Gasteiger partial charge in [-0.2, -0.15) is 0 Å². The summed E-state index contributed by atoms with van der Waals surface area (Å²) in [4.78, 5) is 37.5. The summed E-state index contributed by atoms with van der Waals surface area (Å²) < 4.78 is 56.0. The number of carbonyl (C=O) groups is 2. The molecule has 8 nitrogen and oxygen atoms in total. The summed E-state index contributed by atoms with van der Waals surface area (Å²) in [7, 11) is 0. The normalized spacial score (nSPS) is 10.3. The Balaban J connectivity index is 0.000000208. The van der Waals surface area contributed by atoms with E-state index >= 15 is 0 Å². The van der Waals surface area contributed by atoms with Gasteiger partial charge in [0.25, 0.3) is 11.9 Å². The minimum atomic E-state index is -1.27. The monoisotopic (exact) mass is 724 g/mol. The van der Waals surface area contributed by atoms with E-state index in [1.165, 1.54) is 36.9 Å². The van der Waals surface area contributed by atoms with Crippen molar-refractivity contribution < 1.29 is 56.8 Å². The smallest absolute Gasteiger partial charge is 0.519 e. The molecule has 2 N–H and O–H groups in total. The van der Waals surface area contributed by atoms with Crippen molar-refractivity contribution in [3.63, 3.8) is 0 Å². The molecular weight excluding hydrogens is 705 g/mol. The zero-order valence-electron chi connectivity index (χ0n) is 23.6. The van der Waals surface area contributed by atoms with Crippen molar-refractivity contribution in [2.24, 2.45) is 0 Å². The Hall–Kier alpha value is -5.68. The van der Waals surface area contributed by atoms with Gasteiger partial charge in [0.15, 0.2) is 0 Å². The fourth-order valence-electron chi connectivity index (χ4n) is 4.42. The molecule has 13 heteroatoms. The van der Waals surface area contributed by atoms with Crippen molar-refractivity contribution in [3.05, 3.63) is 144 Å². The van der Waals surface area contributed by atoms with Crippen LogP contribution < -0.4 is 0 Å². The summed E-state index contributed by atoms with van der Waals surface area (Å²) in [5, 5.41) is 18.0. The van der Waals surface area contributed by atoms with Gasteiger partial charge >= 0.3 is 19.5 Å². The van der Waals surface area contributed by atoms with Crippen LogP contribution in [-0.4, -0.2) is 42.1 Å². The van der Waals surface area contributed by atoms with Crippen LogP contribution in [0.15, 0.2) is 97.6 Å². The Morgan fingerprint density at radius 2 is 0.957 bits per heavy atom. The minimum absolute atomic E-state index is 0. The number of pyridine rings is 4. The minimum Gasteiger partial charge on any atom is -0.519 e. The first-order valence-corrected chi connectivity index (χ1v) is 13.2. The van der Waals surface area contributed by atoms with Gasteiger partial charge in [-0.15, -0.1) is 35.4 Å². The maximum atomic E-state index is 14.3. The van der Waals surface area contributed by atoms with Crippen LogP contribution in [0, 0.1) is 35.4 Å². The van der Waals surface area contributed by atoms with Crippen LogP contribution in [0.5, 0.6) is 0 Å². The molecule has 47 heavy (non-hydrogen) atoms. The predicted molar refractivity (Wildman–Crippen MR) is 157 cm³/mol. The molecule has 6 aromatic rings. The van der Waals surface area contributed by atoms with Crippen LogP contribution in [0.2, 0.25) is 0 Å². The topological polar surface area (TPSA) is 126 Å². The molecule has 0 radical (unpaired) electrons. The zero-order valence-corrected chi connectivity index (χ0v) is 25.3. The number of carboxylic acids is 2. The summed E-state index contributed by atoms with van der Waals surface area (Å²) in [6.45, 7) is 0. The fourth-order valence-corrected chi connectivity index (χ4v) is 4.42. The maximum Gasteiger partial charge on any atom is 2.00 e. The molecule has 2 aromatic carbocycles. The molecule has 0 bridgehead atoms. The third kappa shape index (κ3) is 7.95. The molecule has 0 aliphatic carbocycles. The van der Waals surface area contributed by atoms with E-state index in [0.29, 0.717) is 11.4 Å². The molecule has 0 atom stereocenters. The maximum absolute atomic E-state index is 14.3. The number of aromatic nitrogens is 4. The van der Waals surface area contributed by atoms with Gasteiger partial charge < -0.3 is 19.8 Å². The molecule has 0 amide bonds. The summed E-state index contributed by atoms with van der Waals surface area (Å²) in [6.07, 6.45) is 5.47. The van der Waals surface area contributed by atoms with E-state index in [9.17, 15) is 27.2 Å². The summed E-state index contributed by atoms with van der Waals surface area (Å²) in [5.74, 6) is -5.69. The van der Waals surface area contributed by atoms with Crippen LogP contribution in [0.4, 0.5) is 17.6 Å². The van der Waals surface area contributed by atoms with Crippen LogP contribution in [0.3, 0.4) is 0 Å². The standard InChI is InChI=1S/2C17H9F2N2O2.Ru/c2*18-11-8-12(10-4-6-21-15(7-10)17(22)23)16(13(19)9-11)14-3-1-2-5-20-14;/h2*1-6,8-9H,(H,22,23);/q2*-1;+2. The number of hydrogen-bond acceptors (Lipinski definition) is 6. The summed E-state index contributed by atoms with van der Waals surface area (Å²) in [5.41, 5.74) is 0.851. The zero-order chi connectivity index (χ0) is 32.8. The fraction of sp³-hybridized carbons (Fsp3) is 0. The molecule has 0 aliphatic rings. The van der Waals surface area contributed by atoms with Gasteiger partial charge in [-0.25, -0.2) is 17.6 Å². The summed E-state index contributed by atoms with van der Waals surface area (Å²) in [6, 6.07) is 21.6. The van der Waals surface area contributed by atoms with Gasteiger partial charge in [0.2, 0.25) is 0 Å². The van der Waals surface area contributed by atoms with E-state index < -0.39 is 35.2 Å². The average Bonchev–Trinajstić information content (AvgIpc) is 3.05. The molecule has 0 saturated carbocycles. The second-order valence-corrected chi connectivity index (χ2v) is 9.32. The first kappa shape index (κ1) is 34.2. The molecular formula is C34H18F4N4O4Ru. The van der Waals surface area contributed by atoms with E-state index in [0.717, 1.165) is 24.3 Å². The van der Waals surface area contributed by atoms with Crippen LogP contribution in [0.25, 0.3) is 44.8 Å². The van der Waals surface area contributed by atoms with Gasteiger partial charge in [-0.3, -0.25) is 19.9 Å². The van der Waals surface area contributed by atoms with E-state index in [1.54, 1.807) is 36.4 Å². The second kappa shape index (κ2) is 15.1. The number of rotatable bonds is 6. The second-order valence-electron chi connectivity index (χ2n) is 9.32. The third-order valence-corrected chi connectivity index (χ3v) is 6.33. The van der Waals surface area contributed by atoms with Crippen molar-refractivity contribution in [2.75, 3.05) is 0 Å². The Kier molecular flexibility index (Phi) is 11.0. The average molecular weight is 724 g/mol. The molecule has 0 saturated heterocycles. The first-order chi connectivity index (χ1) is 22.1. The van der Waals surface area contributed by atoms with Crippen molar-refractivity contribution in [3.8, 4) is 44.8 Å². The Morgan fingerprint density at radius 3 is 1.30 bits per heavy atom. The predicted octanol–water partition coefficient (Wildman–Crippen LogP) is 7.17. The van der Waals surface area contributed by atoms with E-state index in [1.807, 2.05) is 0 Å². The molecule has 0 aliphatic heterocycles. The Morgan fingerprint density at radius 1 is 0.553 bits per heavy atom. The number of benzene rings is 2. The summed E-state index contributed by atoms with van der Waals surface area (Å²) >= 11 is 0. The number of carboxylic acid groups (broad SMARTS) is 2. The van der Waals surface area contributed by atoms with Gasteiger partial charge in [0.05, 0.1) is 22.8 Å². The number of hydrogen-bond donors (Lipinski definition) is 2. The molecule has 0 fully saturated rings. The number of nitrogens with zero attached hydrogens (tertiary/aromatic N) is 4. The van der Waals surface area contributed by atoms with E-state index in [2.05, 4.69) is 32.1 Å². The van der Waals surface area contributed by atoms with Gasteiger partial charge in [0.1, 0.15) is 23.3 Å². The number of aromatic carboxylic acids is 2.